The number of hydrogen-bond acceptors (Lipinski definition) is 4. The van der Waals surface area contributed by atoms with Crippen molar-refractivity contribution in [1.29, 1.82) is 0 Å². The number of carbonyl (C=O) groups excluding carboxylic acids is 1. The molecule has 0 spiro atoms. The number of carbonyl (C=O) groups is 1. The van der Waals surface area contributed by atoms with Gasteiger partial charge in [0.05, 0.1) is 0 Å². The lowest BCUT2D eigenvalue weighted by Crippen LogP contribution is -2.43. The molecule has 1 heterocycles. The molecule has 0 bridgehead atoms. The summed E-state index contributed by atoms with van der Waals surface area (Å²) < 4.78 is 0. The van der Waals surface area contributed by atoms with Gasteiger partial charge in [0.25, 0.3) is 5.91 Å². The molecule has 0 aromatic heterocycles. The summed E-state index contributed by atoms with van der Waals surface area (Å²) in [6, 6.07) is 8.21. The van der Waals surface area contributed by atoms with Crippen molar-refractivity contribution in [1.82, 2.24) is 14.7 Å². The van der Waals surface area contributed by atoms with Crippen molar-refractivity contribution in [3.05, 3.63) is 35.4 Å². The maximum atomic E-state index is 12.5. The SMILES string of the molecule is CC(C)C(N)CCN(C)C(=O)c1ccc(CN2CCN(C)CC2)cc1.Cl.Cl. The predicted octanol–water partition coefficient (Wildman–Crippen LogP) is 2.72. The van der Waals surface area contributed by atoms with Crippen LogP contribution in [-0.4, -0.2) is 73.5 Å². The summed E-state index contributed by atoms with van der Waals surface area (Å²) in [6.45, 7) is 10.4. The summed E-state index contributed by atoms with van der Waals surface area (Å²) in [5.74, 6) is 0.513. The van der Waals surface area contributed by atoms with Gasteiger partial charge in [0.15, 0.2) is 0 Å². The van der Waals surface area contributed by atoms with Crippen molar-refractivity contribution in [3.63, 3.8) is 0 Å². The molecule has 2 N–H and O–H groups in total. The molecule has 0 radical (unpaired) electrons. The average Bonchev–Trinajstić information content (AvgIpc) is 2.61. The third kappa shape index (κ3) is 8.36. The van der Waals surface area contributed by atoms with Crippen molar-refractivity contribution < 1.29 is 4.79 Å². The smallest absolute Gasteiger partial charge is 0.253 e. The molecule has 1 aromatic carbocycles. The van der Waals surface area contributed by atoms with Crippen LogP contribution in [0.5, 0.6) is 0 Å². The molecule has 0 aliphatic carbocycles. The van der Waals surface area contributed by atoms with E-state index in [4.69, 9.17) is 5.73 Å². The van der Waals surface area contributed by atoms with Crippen LogP contribution in [0.25, 0.3) is 0 Å². The van der Waals surface area contributed by atoms with Crippen LogP contribution in [0.1, 0.15) is 36.2 Å². The third-order valence-corrected chi connectivity index (χ3v) is 5.20. The molecule has 1 amide bonds. The molecular weight excluding hydrogens is 383 g/mol. The van der Waals surface area contributed by atoms with Crippen LogP contribution < -0.4 is 5.73 Å². The molecule has 1 atom stereocenters. The van der Waals surface area contributed by atoms with Gasteiger partial charge in [0.1, 0.15) is 0 Å². The largest absolute Gasteiger partial charge is 0.342 e. The third-order valence-electron chi connectivity index (χ3n) is 5.20. The first-order valence-corrected chi connectivity index (χ1v) is 9.37. The van der Waals surface area contributed by atoms with E-state index in [0.717, 1.165) is 44.7 Å². The van der Waals surface area contributed by atoms with Crippen LogP contribution in [0, 0.1) is 5.92 Å². The average molecular weight is 419 g/mol. The minimum Gasteiger partial charge on any atom is -0.342 e. The monoisotopic (exact) mass is 418 g/mol. The Morgan fingerprint density at radius 2 is 1.67 bits per heavy atom. The Labute approximate surface area is 177 Å². The number of piperazine rings is 1. The summed E-state index contributed by atoms with van der Waals surface area (Å²) in [5, 5.41) is 0. The molecule has 0 saturated carbocycles. The minimum atomic E-state index is 0. The van der Waals surface area contributed by atoms with Gasteiger partial charge < -0.3 is 15.5 Å². The summed E-state index contributed by atoms with van der Waals surface area (Å²) in [4.78, 5) is 19.1. The lowest BCUT2D eigenvalue weighted by molar-refractivity contribution is 0.0789. The Morgan fingerprint density at radius 1 is 1.11 bits per heavy atom. The summed E-state index contributed by atoms with van der Waals surface area (Å²) >= 11 is 0. The summed E-state index contributed by atoms with van der Waals surface area (Å²) in [6.07, 6.45) is 0.835. The van der Waals surface area contributed by atoms with Gasteiger partial charge in [-0.15, -0.1) is 24.8 Å². The Bertz CT molecular complexity index is 545. The van der Waals surface area contributed by atoms with Crippen LogP contribution in [-0.2, 0) is 6.54 Å². The number of nitrogens with two attached hydrogens (primary N) is 1. The lowest BCUT2D eigenvalue weighted by Gasteiger charge is -2.32. The predicted molar refractivity (Wildman–Crippen MR) is 118 cm³/mol. The standard InChI is InChI=1S/C20H34N4O.2ClH/c1-16(2)19(21)9-10-23(4)20(25)18-7-5-17(6-8-18)15-24-13-11-22(3)12-14-24;;/h5-8,16,19H,9-15,21H2,1-4H3;2*1H. The molecule has 156 valence electrons. The van der Waals surface area contributed by atoms with E-state index in [1.807, 2.05) is 19.2 Å². The van der Waals surface area contributed by atoms with Crippen molar-refractivity contribution >= 4 is 30.7 Å². The van der Waals surface area contributed by atoms with Crippen LogP contribution in [0.15, 0.2) is 24.3 Å². The Hall–Kier alpha value is -0.850. The lowest BCUT2D eigenvalue weighted by atomic mass is 10.0. The number of amides is 1. The molecule has 1 saturated heterocycles. The van der Waals surface area contributed by atoms with Gasteiger partial charge in [-0.1, -0.05) is 26.0 Å². The van der Waals surface area contributed by atoms with E-state index < -0.39 is 0 Å². The zero-order chi connectivity index (χ0) is 18.4. The first-order valence-electron chi connectivity index (χ1n) is 9.37. The topological polar surface area (TPSA) is 52.8 Å². The molecule has 1 fully saturated rings. The second-order valence-electron chi connectivity index (χ2n) is 7.70. The molecule has 7 heteroatoms. The van der Waals surface area contributed by atoms with E-state index in [0.29, 0.717) is 12.5 Å². The molecule has 1 aromatic rings. The number of rotatable bonds is 7. The first kappa shape index (κ1) is 26.1. The van der Waals surface area contributed by atoms with Gasteiger partial charge in [-0.25, -0.2) is 0 Å². The molecule has 5 nitrogen and oxygen atoms in total. The number of hydrogen-bond donors (Lipinski definition) is 1. The highest BCUT2D eigenvalue weighted by Gasteiger charge is 2.16. The Kier molecular flexibility index (Phi) is 12.2. The maximum Gasteiger partial charge on any atom is 0.253 e. The molecule has 2 rings (SSSR count). The highest BCUT2D eigenvalue weighted by molar-refractivity contribution is 5.94. The van der Waals surface area contributed by atoms with Crippen molar-refractivity contribution in [2.45, 2.75) is 32.9 Å². The quantitative estimate of drug-likeness (QED) is 0.739. The van der Waals surface area contributed by atoms with Gasteiger partial charge in [-0.2, -0.15) is 0 Å². The second-order valence-corrected chi connectivity index (χ2v) is 7.70. The van der Waals surface area contributed by atoms with Gasteiger partial charge in [-0.3, -0.25) is 9.69 Å². The Balaban J connectivity index is 0.00000338. The van der Waals surface area contributed by atoms with E-state index in [9.17, 15) is 4.79 Å². The van der Waals surface area contributed by atoms with Crippen LogP contribution in [0.2, 0.25) is 0 Å². The summed E-state index contributed by atoms with van der Waals surface area (Å²) in [5.41, 5.74) is 8.10. The zero-order valence-corrected chi connectivity index (χ0v) is 18.7. The Morgan fingerprint density at radius 3 is 2.19 bits per heavy atom. The fraction of sp³-hybridized carbons (Fsp3) is 0.650. The number of likely N-dealkylation sites (N-methyl/N-ethyl adjacent to an activating group) is 1. The van der Waals surface area contributed by atoms with Gasteiger partial charge in [0.2, 0.25) is 0 Å². The fourth-order valence-corrected chi connectivity index (χ4v) is 3.01. The number of benzene rings is 1. The van der Waals surface area contributed by atoms with E-state index in [2.05, 4.69) is 42.8 Å². The maximum absolute atomic E-state index is 12.5. The van der Waals surface area contributed by atoms with Gasteiger partial charge in [-0.05, 0) is 37.1 Å². The fourth-order valence-electron chi connectivity index (χ4n) is 3.01. The van der Waals surface area contributed by atoms with Crippen LogP contribution >= 0.6 is 24.8 Å². The van der Waals surface area contributed by atoms with Crippen molar-refractivity contribution in [2.24, 2.45) is 11.7 Å². The number of halogens is 2. The highest BCUT2D eigenvalue weighted by atomic mass is 35.5. The zero-order valence-electron chi connectivity index (χ0n) is 17.1. The minimum absolute atomic E-state index is 0. The normalized spacial score (nSPS) is 16.4. The second kappa shape index (κ2) is 12.6. The highest BCUT2D eigenvalue weighted by Crippen LogP contribution is 2.12. The first-order chi connectivity index (χ1) is 11.9. The van der Waals surface area contributed by atoms with Crippen LogP contribution in [0.3, 0.4) is 0 Å². The van der Waals surface area contributed by atoms with Gasteiger partial charge in [0, 0.05) is 57.9 Å². The molecular formula is C20H36Cl2N4O. The van der Waals surface area contributed by atoms with Crippen LogP contribution in [0.4, 0.5) is 0 Å². The van der Waals surface area contributed by atoms with E-state index in [1.54, 1.807) is 4.90 Å². The molecule has 27 heavy (non-hydrogen) atoms. The van der Waals surface area contributed by atoms with E-state index in [-0.39, 0.29) is 36.8 Å². The van der Waals surface area contributed by atoms with Crippen molar-refractivity contribution in [3.8, 4) is 0 Å². The molecule has 1 unspecified atom stereocenters. The van der Waals surface area contributed by atoms with E-state index in [1.165, 1.54) is 5.56 Å². The van der Waals surface area contributed by atoms with Crippen molar-refractivity contribution in [2.75, 3.05) is 46.8 Å². The van der Waals surface area contributed by atoms with Gasteiger partial charge >= 0.3 is 0 Å². The summed E-state index contributed by atoms with van der Waals surface area (Å²) in [7, 11) is 4.02. The number of nitrogens with zero attached hydrogens (tertiary/aromatic N) is 3. The van der Waals surface area contributed by atoms with E-state index >= 15 is 0 Å². The molecule has 1 aliphatic rings. The molecule has 1 aliphatic heterocycles.